The molecule has 0 bridgehead atoms. The summed E-state index contributed by atoms with van der Waals surface area (Å²) in [5.41, 5.74) is 0.987. The Bertz CT molecular complexity index is 361. The fraction of sp³-hybridized carbons (Fsp3) is 0.333. The molecule has 1 aromatic rings. The molecule has 68 valence electrons. The number of aromatic nitrogens is 1. The molecular weight excluding hydrogens is 190 g/mol. The second-order valence-corrected chi connectivity index (χ2v) is 3.51. The van der Waals surface area contributed by atoms with Gasteiger partial charge in [-0.1, -0.05) is 11.6 Å². The number of carboxylic acids is 1. The average Bonchev–Trinajstić information content (AvgIpc) is 2.85. The fourth-order valence-electron chi connectivity index (χ4n) is 1.21. The number of hydrogen-bond acceptors (Lipinski definition) is 2. The van der Waals surface area contributed by atoms with Crippen LogP contribution in [0.4, 0.5) is 0 Å². The van der Waals surface area contributed by atoms with Crippen LogP contribution >= 0.6 is 11.6 Å². The molecule has 0 unspecified atom stereocenters. The molecule has 1 saturated carbocycles. The van der Waals surface area contributed by atoms with Crippen LogP contribution in [0.3, 0.4) is 0 Å². The van der Waals surface area contributed by atoms with Crippen LogP contribution in [0.5, 0.6) is 0 Å². The summed E-state index contributed by atoms with van der Waals surface area (Å²) < 4.78 is 0. The lowest BCUT2D eigenvalue weighted by atomic mass is 10.2. The molecule has 0 radical (unpaired) electrons. The SMILES string of the molecule is O=C(O)c1ccc(C2CC2)nc1Cl. The Morgan fingerprint density at radius 2 is 2.23 bits per heavy atom. The molecule has 0 atom stereocenters. The number of rotatable bonds is 2. The predicted octanol–water partition coefficient (Wildman–Crippen LogP) is 2.31. The summed E-state index contributed by atoms with van der Waals surface area (Å²) >= 11 is 5.70. The van der Waals surface area contributed by atoms with E-state index in [2.05, 4.69) is 4.98 Å². The molecule has 3 nitrogen and oxygen atoms in total. The van der Waals surface area contributed by atoms with Crippen molar-refractivity contribution in [3.63, 3.8) is 0 Å². The molecule has 0 aromatic carbocycles. The van der Waals surface area contributed by atoms with Gasteiger partial charge in [-0.3, -0.25) is 0 Å². The third kappa shape index (κ3) is 1.65. The van der Waals surface area contributed by atoms with Crippen molar-refractivity contribution in [2.45, 2.75) is 18.8 Å². The summed E-state index contributed by atoms with van der Waals surface area (Å²) in [5.74, 6) is -0.528. The minimum absolute atomic E-state index is 0.0751. The Balaban J connectivity index is 2.36. The molecule has 4 heteroatoms. The number of pyridine rings is 1. The van der Waals surface area contributed by atoms with E-state index in [9.17, 15) is 4.79 Å². The summed E-state index contributed by atoms with van der Waals surface area (Å²) in [6.07, 6.45) is 2.27. The van der Waals surface area contributed by atoms with Gasteiger partial charge in [0, 0.05) is 11.6 Å². The molecule has 2 rings (SSSR count). The topological polar surface area (TPSA) is 50.2 Å². The first-order valence-corrected chi connectivity index (χ1v) is 4.46. The summed E-state index contributed by atoms with van der Waals surface area (Å²) in [6.45, 7) is 0. The van der Waals surface area contributed by atoms with Gasteiger partial charge in [-0.25, -0.2) is 9.78 Å². The zero-order valence-corrected chi connectivity index (χ0v) is 7.58. The van der Waals surface area contributed by atoms with E-state index in [-0.39, 0.29) is 10.7 Å². The van der Waals surface area contributed by atoms with Crippen LogP contribution < -0.4 is 0 Å². The number of aromatic carboxylic acids is 1. The first-order chi connectivity index (χ1) is 6.18. The van der Waals surface area contributed by atoms with E-state index in [1.165, 1.54) is 6.07 Å². The second-order valence-electron chi connectivity index (χ2n) is 3.15. The molecule has 1 fully saturated rings. The number of halogens is 1. The molecule has 13 heavy (non-hydrogen) atoms. The standard InChI is InChI=1S/C9H8ClNO2/c10-8-6(9(12)13)3-4-7(11-8)5-1-2-5/h3-5H,1-2H2,(H,12,13). The van der Waals surface area contributed by atoms with E-state index in [0.717, 1.165) is 18.5 Å². The van der Waals surface area contributed by atoms with Crippen molar-refractivity contribution in [2.75, 3.05) is 0 Å². The Morgan fingerprint density at radius 3 is 2.69 bits per heavy atom. The van der Waals surface area contributed by atoms with E-state index in [4.69, 9.17) is 16.7 Å². The lowest BCUT2D eigenvalue weighted by molar-refractivity contribution is 0.0696. The van der Waals surface area contributed by atoms with Crippen molar-refractivity contribution in [3.05, 3.63) is 28.5 Å². The Hall–Kier alpha value is -1.09. The van der Waals surface area contributed by atoms with E-state index in [1.54, 1.807) is 6.07 Å². The van der Waals surface area contributed by atoms with Crippen LogP contribution in [-0.2, 0) is 0 Å². The molecule has 1 aromatic heterocycles. The van der Waals surface area contributed by atoms with Crippen LogP contribution in [0.2, 0.25) is 5.15 Å². The van der Waals surface area contributed by atoms with Gasteiger partial charge >= 0.3 is 5.97 Å². The molecule has 1 aliphatic carbocycles. The summed E-state index contributed by atoms with van der Waals surface area (Å²) in [4.78, 5) is 14.6. The highest BCUT2D eigenvalue weighted by Crippen LogP contribution is 2.39. The van der Waals surface area contributed by atoms with Gasteiger partial charge in [0.25, 0.3) is 0 Å². The molecule has 0 aliphatic heterocycles. The number of hydrogen-bond donors (Lipinski definition) is 1. The second kappa shape index (κ2) is 3.00. The van der Waals surface area contributed by atoms with Gasteiger partial charge in [-0.2, -0.15) is 0 Å². The predicted molar refractivity (Wildman–Crippen MR) is 48.2 cm³/mol. The largest absolute Gasteiger partial charge is 0.478 e. The Labute approximate surface area is 80.4 Å². The monoisotopic (exact) mass is 197 g/mol. The lowest BCUT2D eigenvalue weighted by Gasteiger charge is -2.00. The van der Waals surface area contributed by atoms with Gasteiger partial charge in [-0.05, 0) is 25.0 Å². The molecule has 1 heterocycles. The summed E-state index contributed by atoms with van der Waals surface area (Å²) in [5, 5.41) is 8.78. The van der Waals surface area contributed by atoms with Gasteiger partial charge in [0.2, 0.25) is 0 Å². The minimum Gasteiger partial charge on any atom is -0.478 e. The highest BCUT2D eigenvalue weighted by atomic mass is 35.5. The van der Waals surface area contributed by atoms with Crippen molar-refractivity contribution in [1.29, 1.82) is 0 Å². The van der Waals surface area contributed by atoms with Crippen LogP contribution in [0.25, 0.3) is 0 Å². The van der Waals surface area contributed by atoms with Gasteiger partial charge < -0.3 is 5.11 Å². The zero-order chi connectivity index (χ0) is 9.42. The Morgan fingerprint density at radius 1 is 1.54 bits per heavy atom. The third-order valence-corrected chi connectivity index (χ3v) is 2.38. The van der Waals surface area contributed by atoms with Crippen LogP contribution in [0.1, 0.15) is 34.8 Å². The quantitative estimate of drug-likeness (QED) is 0.741. The maximum Gasteiger partial charge on any atom is 0.338 e. The number of carbonyl (C=O) groups is 1. The number of nitrogens with zero attached hydrogens (tertiary/aromatic N) is 1. The normalized spacial score (nSPS) is 15.8. The van der Waals surface area contributed by atoms with Crippen molar-refractivity contribution in [3.8, 4) is 0 Å². The molecular formula is C9H8ClNO2. The Kier molecular flexibility index (Phi) is 1.96. The lowest BCUT2D eigenvalue weighted by Crippen LogP contribution is -2.00. The van der Waals surface area contributed by atoms with E-state index in [0.29, 0.717) is 5.92 Å². The first kappa shape index (κ1) is 8.51. The van der Waals surface area contributed by atoms with Crippen molar-refractivity contribution in [1.82, 2.24) is 4.98 Å². The van der Waals surface area contributed by atoms with Crippen molar-refractivity contribution < 1.29 is 9.90 Å². The van der Waals surface area contributed by atoms with Gasteiger partial charge in [-0.15, -0.1) is 0 Å². The molecule has 1 N–H and O–H groups in total. The van der Waals surface area contributed by atoms with Gasteiger partial charge in [0.05, 0.1) is 5.56 Å². The third-order valence-electron chi connectivity index (χ3n) is 2.10. The van der Waals surface area contributed by atoms with Gasteiger partial charge in [0.1, 0.15) is 5.15 Å². The molecule has 1 aliphatic rings. The van der Waals surface area contributed by atoms with E-state index < -0.39 is 5.97 Å². The van der Waals surface area contributed by atoms with Crippen LogP contribution in [0.15, 0.2) is 12.1 Å². The maximum absolute atomic E-state index is 10.6. The maximum atomic E-state index is 10.6. The smallest absolute Gasteiger partial charge is 0.338 e. The first-order valence-electron chi connectivity index (χ1n) is 4.08. The molecule has 0 saturated heterocycles. The zero-order valence-electron chi connectivity index (χ0n) is 6.83. The van der Waals surface area contributed by atoms with Gasteiger partial charge in [0.15, 0.2) is 0 Å². The van der Waals surface area contributed by atoms with E-state index >= 15 is 0 Å². The highest BCUT2D eigenvalue weighted by molar-refractivity contribution is 6.32. The number of carboxylic acid groups (broad SMARTS) is 1. The van der Waals surface area contributed by atoms with Crippen LogP contribution in [0, 0.1) is 0 Å². The van der Waals surface area contributed by atoms with Crippen molar-refractivity contribution in [2.24, 2.45) is 0 Å². The van der Waals surface area contributed by atoms with Crippen molar-refractivity contribution >= 4 is 17.6 Å². The summed E-state index contributed by atoms with van der Waals surface area (Å²) in [7, 11) is 0. The summed E-state index contributed by atoms with van der Waals surface area (Å²) in [6, 6.07) is 3.26. The van der Waals surface area contributed by atoms with E-state index in [1.807, 2.05) is 0 Å². The highest BCUT2D eigenvalue weighted by Gasteiger charge is 2.25. The van der Waals surface area contributed by atoms with Crippen LogP contribution in [-0.4, -0.2) is 16.1 Å². The molecule has 0 amide bonds. The minimum atomic E-state index is -1.03. The average molecular weight is 198 g/mol. The fourth-order valence-corrected chi connectivity index (χ4v) is 1.46. The molecule has 0 spiro atoms.